The summed E-state index contributed by atoms with van der Waals surface area (Å²) >= 11 is 0. The van der Waals surface area contributed by atoms with Crippen LogP contribution in [0.5, 0.6) is 0 Å². The van der Waals surface area contributed by atoms with Crippen molar-refractivity contribution in [2.24, 2.45) is 0 Å². The van der Waals surface area contributed by atoms with Crippen LogP contribution in [0.1, 0.15) is 41.4 Å². The van der Waals surface area contributed by atoms with E-state index in [1.54, 1.807) is 0 Å². The Kier molecular flexibility index (Phi) is 5.20. The Morgan fingerprint density at radius 1 is 1.31 bits per heavy atom. The molecule has 6 heteroatoms. The van der Waals surface area contributed by atoms with Gasteiger partial charge in [-0.25, -0.2) is 0 Å². The summed E-state index contributed by atoms with van der Waals surface area (Å²) in [7, 11) is 0. The number of fused-ring (bicyclic) bond motifs is 1. The number of carbonyl (C=O) groups excluding carboxylic acids is 1. The van der Waals surface area contributed by atoms with E-state index in [1.165, 1.54) is 11.3 Å². The molecule has 2 aliphatic heterocycles. The summed E-state index contributed by atoms with van der Waals surface area (Å²) in [5.74, 6) is -0.0747. The van der Waals surface area contributed by atoms with Gasteiger partial charge in [-0.2, -0.15) is 5.10 Å². The number of amides is 1. The van der Waals surface area contributed by atoms with Crippen LogP contribution in [0, 0.1) is 0 Å². The summed E-state index contributed by atoms with van der Waals surface area (Å²) in [5, 5.41) is 10.9. The second-order valence-corrected chi connectivity index (χ2v) is 7.16. The normalized spacial score (nSPS) is 19.4. The van der Waals surface area contributed by atoms with Gasteiger partial charge in [-0.1, -0.05) is 18.2 Å². The van der Waals surface area contributed by atoms with E-state index < -0.39 is 0 Å². The van der Waals surface area contributed by atoms with Crippen LogP contribution in [0.4, 0.5) is 5.69 Å². The summed E-state index contributed by atoms with van der Waals surface area (Å²) < 4.78 is 1.93. The van der Waals surface area contributed by atoms with Gasteiger partial charge in [-0.15, -0.1) is 0 Å². The van der Waals surface area contributed by atoms with Gasteiger partial charge in [0.2, 0.25) is 0 Å². The predicted octanol–water partition coefficient (Wildman–Crippen LogP) is 1.99. The molecule has 1 aromatic heterocycles. The summed E-state index contributed by atoms with van der Waals surface area (Å²) in [6.45, 7) is 4.73. The first kappa shape index (κ1) is 17.1. The molecule has 0 aliphatic carbocycles. The highest BCUT2D eigenvalue weighted by atomic mass is 16.1. The third kappa shape index (κ3) is 3.75. The number of rotatable bonds is 6. The molecule has 1 aromatic carbocycles. The molecule has 3 heterocycles. The van der Waals surface area contributed by atoms with Crippen LogP contribution in [0.15, 0.2) is 36.5 Å². The average Bonchev–Trinajstić information content (AvgIpc) is 3.33. The molecule has 0 saturated carbocycles. The second-order valence-electron chi connectivity index (χ2n) is 7.16. The van der Waals surface area contributed by atoms with Gasteiger partial charge < -0.3 is 15.5 Å². The second kappa shape index (κ2) is 7.91. The summed E-state index contributed by atoms with van der Waals surface area (Å²) in [6, 6.07) is 10.8. The molecular formula is C20H27N5O. The standard InChI is InChI=1S/C20H27N5O/c26-20(18-9-14-25(23-18)17-6-3-10-21-15-17)22-11-4-12-24-13-8-16-5-1-2-7-19(16)24/h1-2,5,7,9,14,17,21H,3-4,6,8,10-13,15H2,(H,22,26). The Hall–Kier alpha value is -2.34. The van der Waals surface area contributed by atoms with Crippen LogP contribution in [0.2, 0.25) is 0 Å². The number of nitrogens with one attached hydrogen (secondary N) is 2. The number of benzene rings is 1. The van der Waals surface area contributed by atoms with Crippen molar-refractivity contribution in [1.29, 1.82) is 0 Å². The van der Waals surface area contributed by atoms with Gasteiger partial charge in [0.25, 0.3) is 5.91 Å². The Morgan fingerprint density at radius 3 is 3.12 bits per heavy atom. The lowest BCUT2D eigenvalue weighted by Crippen LogP contribution is -2.32. The third-order valence-electron chi connectivity index (χ3n) is 5.36. The fraction of sp³-hybridized carbons (Fsp3) is 0.500. The zero-order valence-corrected chi connectivity index (χ0v) is 15.2. The van der Waals surface area contributed by atoms with Gasteiger partial charge in [-0.3, -0.25) is 9.48 Å². The molecule has 0 bridgehead atoms. The Morgan fingerprint density at radius 2 is 2.23 bits per heavy atom. The SMILES string of the molecule is O=C(NCCCN1CCc2ccccc21)c1ccn(C2CCCNC2)n1. The van der Waals surface area contributed by atoms with Crippen LogP contribution in [0.25, 0.3) is 0 Å². The molecule has 2 aliphatic rings. The van der Waals surface area contributed by atoms with E-state index in [4.69, 9.17) is 0 Å². The number of piperidine rings is 1. The van der Waals surface area contributed by atoms with Gasteiger partial charge in [-0.05, 0) is 49.9 Å². The Labute approximate surface area is 154 Å². The molecule has 6 nitrogen and oxygen atoms in total. The van der Waals surface area contributed by atoms with E-state index in [9.17, 15) is 4.79 Å². The van der Waals surface area contributed by atoms with E-state index in [2.05, 4.69) is 44.9 Å². The molecule has 0 radical (unpaired) electrons. The maximum Gasteiger partial charge on any atom is 0.271 e. The van der Waals surface area contributed by atoms with Crippen molar-refractivity contribution in [3.8, 4) is 0 Å². The quantitative estimate of drug-likeness (QED) is 0.780. The Bertz CT molecular complexity index is 750. The first-order valence-electron chi connectivity index (χ1n) is 9.68. The summed E-state index contributed by atoms with van der Waals surface area (Å²) in [5.41, 5.74) is 3.29. The van der Waals surface area contributed by atoms with Crippen molar-refractivity contribution in [2.45, 2.75) is 31.7 Å². The minimum atomic E-state index is -0.0747. The molecule has 1 amide bonds. The molecule has 0 spiro atoms. The monoisotopic (exact) mass is 353 g/mol. The van der Waals surface area contributed by atoms with E-state index in [-0.39, 0.29) is 5.91 Å². The first-order chi connectivity index (χ1) is 12.8. The third-order valence-corrected chi connectivity index (χ3v) is 5.36. The number of hydrogen-bond donors (Lipinski definition) is 2. The van der Waals surface area contributed by atoms with Crippen molar-refractivity contribution in [3.05, 3.63) is 47.8 Å². The van der Waals surface area contributed by atoms with Gasteiger partial charge in [0.15, 0.2) is 0 Å². The maximum absolute atomic E-state index is 12.3. The first-order valence-corrected chi connectivity index (χ1v) is 9.68. The predicted molar refractivity (Wildman–Crippen MR) is 103 cm³/mol. The number of carbonyl (C=O) groups is 1. The lowest BCUT2D eigenvalue weighted by Gasteiger charge is -2.22. The van der Waals surface area contributed by atoms with Crippen LogP contribution in [0.3, 0.4) is 0 Å². The smallest absolute Gasteiger partial charge is 0.271 e. The maximum atomic E-state index is 12.3. The van der Waals surface area contributed by atoms with Crippen LogP contribution >= 0.6 is 0 Å². The molecule has 2 N–H and O–H groups in total. The largest absolute Gasteiger partial charge is 0.371 e. The zero-order chi connectivity index (χ0) is 17.8. The molecule has 4 rings (SSSR count). The van der Waals surface area contributed by atoms with Gasteiger partial charge in [0, 0.05) is 38.1 Å². The van der Waals surface area contributed by atoms with Crippen molar-refractivity contribution < 1.29 is 4.79 Å². The van der Waals surface area contributed by atoms with Crippen molar-refractivity contribution >= 4 is 11.6 Å². The fourth-order valence-electron chi connectivity index (χ4n) is 3.92. The molecule has 26 heavy (non-hydrogen) atoms. The van der Waals surface area contributed by atoms with Crippen molar-refractivity contribution in [1.82, 2.24) is 20.4 Å². The number of para-hydroxylation sites is 1. The molecule has 1 atom stereocenters. The average molecular weight is 353 g/mol. The van der Waals surface area contributed by atoms with E-state index in [1.807, 2.05) is 16.9 Å². The van der Waals surface area contributed by atoms with Crippen molar-refractivity contribution in [2.75, 3.05) is 37.6 Å². The number of nitrogens with zero attached hydrogens (tertiary/aromatic N) is 3. The summed E-state index contributed by atoms with van der Waals surface area (Å²) in [6.07, 6.45) is 6.26. The minimum absolute atomic E-state index is 0.0747. The molecule has 1 saturated heterocycles. The number of anilines is 1. The van der Waals surface area contributed by atoms with Crippen LogP contribution < -0.4 is 15.5 Å². The van der Waals surface area contributed by atoms with E-state index in [0.717, 1.165) is 51.9 Å². The highest BCUT2D eigenvalue weighted by Gasteiger charge is 2.19. The highest BCUT2D eigenvalue weighted by Crippen LogP contribution is 2.27. The molecule has 138 valence electrons. The summed E-state index contributed by atoms with van der Waals surface area (Å²) in [4.78, 5) is 14.7. The molecule has 1 unspecified atom stereocenters. The van der Waals surface area contributed by atoms with Crippen LogP contribution in [-0.4, -0.2) is 48.4 Å². The lowest BCUT2D eigenvalue weighted by molar-refractivity contribution is 0.0947. The number of hydrogen-bond acceptors (Lipinski definition) is 4. The van der Waals surface area contributed by atoms with E-state index >= 15 is 0 Å². The van der Waals surface area contributed by atoms with E-state index in [0.29, 0.717) is 18.3 Å². The molecule has 2 aromatic rings. The zero-order valence-electron chi connectivity index (χ0n) is 15.2. The van der Waals surface area contributed by atoms with Gasteiger partial charge in [0.05, 0.1) is 6.04 Å². The topological polar surface area (TPSA) is 62.2 Å². The highest BCUT2D eigenvalue weighted by molar-refractivity contribution is 5.92. The minimum Gasteiger partial charge on any atom is -0.371 e. The Balaban J connectivity index is 1.23. The molecule has 1 fully saturated rings. The lowest BCUT2D eigenvalue weighted by atomic mass is 10.1. The van der Waals surface area contributed by atoms with Crippen LogP contribution in [-0.2, 0) is 6.42 Å². The van der Waals surface area contributed by atoms with Crippen molar-refractivity contribution in [3.63, 3.8) is 0 Å². The fourth-order valence-corrected chi connectivity index (χ4v) is 3.92. The molecular weight excluding hydrogens is 326 g/mol. The number of aromatic nitrogens is 2. The van der Waals surface area contributed by atoms with Gasteiger partial charge in [0.1, 0.15) is 5.69 Å². The van der Waals surface area contributed by atoms with Gasteiger partial charge >= 0.3 is 0 Å².